The van der Waals surface area contributed by atoms with Gasteiger partial charge in [-0.25, -0.2) is 0 Å². The number of aliphatic hydroxyl groups is 2. The first kappa shape index (κ1) is 31.8. The Morgan fingerprint density at radius 1 is 1.14 bits per heavy atom. The third kappa shape index (κ3) is 4.60. The van der Waals surface area contributed by atoms with E-state index in [4.69, 9.17) is 11.5 Å². The molecule has 0 spiro atoms. The lowest BCUT2D eigenvalue weighted by atomic mass is 9.53. The Balaban J connectivity index is 1.94. The standard InChI is InChI=1S/C29H38N6O8/c1-6-7-8-9-17(36)32-15-11-16(34(2)3)14-10-13-12-28(31)24(35(4)5)21(33-43)20(27(30)41)26(40)29(28,42)25(39)18(13)23(38)19(14)22(15)37/h11,13,24,37-38,42H,6-10,12,31H2,1-5H3,(H2,30,41)(H,32,36)/t13-,24+,28+,29-/m0/s1. The summed E-state index contributed by atoms with van der Waals surface area (Å²) in [6, 6.07) is 0.183. The van der Waals surface area contributed by atoms with Crippen LogP contribution in [0.1, 0.15) is 50.2 Å². The smallest absolute Gasteiger partial charge is 0.254 e. The van der Waals surface area contributed by atoms with Crippen molar-refractivity contribution in [3.63, 3.8) is 0 Å². The number of likely N-dealkylation sites (N-methyl/N-ethyl adjacent to an activating group) is 1. The van der Waals surface area contributed by atoms with Gasteiger partial charge in [-0.3, -0.25) is 24.1 Å². The number of nitrogens with two attached hydrogens (primary N) is 2. The van der Waals surface area contributed by atoms with Crippen molar-refractivity contribution in [1.29, 1.82) is 0 Å². The Hall–Kier alpha value is -4.14. The van der Waals surface area contributed by atoms with Crippen LogP contribution in [0.3, 0.4) is 0 Å². The number of anilines is 2. The summed E-state index contributed by atoms with van der Waals surface area (Å²) in [4.78, 5) is 67.8. The highest BCUT2D eigenvalue weighted by molar-refractivity contribution is 6.34. The minimum absolute atomic E-state index is 0.00625. The Labute approximate surface area is 248 Å². The lowest BCUT2D eigenvalue weighted by Crippen LogP contribution is -2.81. The number of fused-ring (bicyclic) bond motifs is 3. The first-order valence-corrected chi connectivity index (χ1v) is 14.0. The summed E-state index contributed by atoms with van der Waals surface area (Å²) >= 11 is 0. The van der Waals surface area contributed by atoms with Gasteiger partial charge in [-0.1, -0.05) is 19.8 Å². The fourth-order valence-electron chi connectivity index (χ4n) is 6.85. The van der Waals surface area contributed by atoms with E-state index in [0.717, 1.165) is 12.8 Å². The molecule has 8 N–H and O–H groups in total. The van der Waals surface area contributed by atoms with Crippen molar-refractivity contribution in [3.05, 3.63) is 38.9 Å². The van der Waals surface area contributed by atoms with Crippen molar-refractivity contribution in [3.8, 4) is 5.75 Å². The van der Waals surface area contributed by atoms with Crippen LogP contribution in [0.25, 0.3) is 5.76 Å². The van der Waals surface area contributed by atoms with Gasteiger partial charge in [-0.15, -0.1) is 4.91 Å². The number of aliphatic hydroxyl groups excluding tert-OH is 1. The summed E-state index contributed by atoms with van der Waals surface area (Å²) in [6.07, 6.45) is 2.35. The SMILES string of the molecule is CCCCCC(=O)Nc1cc(N(C)C)c2c(c1O)C(O)=C1C(=O)[C@]3(O)C(=O)C(C(N)=O)=C(N=O)[C@@H](N(C)C)[C@]3(N)C[C@@H]1C2. The van der Waals surface area contributed by atoms with E-state index in [1.54, 1.807) is 25.1 Å². The number of hydrogen-bond donors (Lipinski definition) is 6. The van der Waals surface area contributed by atoms with E-state index in [2.05, 4.69) is 10.5 Å². The molecule has 2 amide bonds. The Kier molecular flexibility index (Phi) is 8.26. The number of Topliss-reactive ketones (excluding diaryl/α,β-unsaturated/α-hetero) is 2. The molecule has 1 fully saturated rings. The molecule has 232 valence electrons. The van der Waals surface area contributed by atoms with Gasteiger partial charge in [0.2, 0.25) is 23.1 Å². The van der Waals surface area contributed by atoms with Crippen LogP contribution >= 0.6 is 0 Å². The highest BCUT2D eigenvalue weighted by Crippen LogP contribution is 2.55. The highest BCUT2D eigenvalue weighted by Gasteiger charge is 2.72. The summed E-state index contributed by atoms with van der Waals surface area (Å²) in [5, 5.41) is 40.4. The largest absolute Gasteiger partial charge is 0.507 e. The number of phenols is 1. The van der Waals surface area contributed by atoms with Gasteiger partial charge in [-0.2, -0.15) is 0 Å². The third-order valence-corrected chi connectivity index (χ3v) is 8.75. The molecular formula is C29H38N6O8. The van der Waals surface area contributed by atoms with Gasteiger partial charge >= 0.3 is 0 Å². The maximum Gasteiger partial charge on any atom is 0.254 e. The Morgan fingerprint density at radius 2 is 1.79 bits per heavy atom. The molecule has 0 bridgehead atoms. The number of nitrogens with one attached hydrogen (secondary N) is 1. The zero-order valence-corrected chi connectivity index (χ0v) is 24.9. The van der Waals surface area contributed by atoms with Crippen LogP contribution < -0.4 is 21.7 Å². The average Bonchev–Trinajstić information content (AvgIpc) is 2.91. The second-order valence-electron chi connectivity index (χ2n) is 11.9. The summed E-state index contributed by atoms with van der Waals surface area (Å²) in [6.45, 7) is 2.00. The van der Waals surface area contributed by atoms with E-state index < -0.39 is 63.4 Å². The second-order valence-corrected chi connectivity index (χ2v) is 11.9. The molecule has 1 aromatic rings. The molecule has 3 aliphatic carbocycles. The van der Waals surface area contributed by atoms with Crippen molar-refractivity contribution in [1.82, 2.24) is 4.90 Å². The van der Waals surface area contributed by atoms with Crippen LogP contribution in [-0.2, 0) is 25.6 Å². The van der Waals surface area contributed by atoms with Crippen LogP contribution in [0.4, 0.5) is 11.4 Å². The molecule has 3 aliphatic rings. The van der Waals surface area contributed by atoms with E-state index in [-0.39, 0.29) is 42.0 Å². The maximum absolute atomic E-state index is 14.2. The van der Waals surface area contributed by atoms with Crippen LogP contribution in [0, 0.1) is 10.8 Å². The summed E-state index contributed by atoms with van der Waals surface area (Å²) in [5.41, 5.74) is 5.79. The minimum Gasteiger partial charge on any atom is -0.507 e. The Bertz CT molecular complexity index is 1500. The van der Waals surface area contributed by atoms with Gasteiger partial charge in [0.15, 0.2) is 0 Å². The molecule has 0 aliphatic heterocycles. The van der Waals surface area contributed by atoms with Gasteiger partial charge in [0.25, 0.3) is 5.91 Å². The van der Waals surface area contributed by atoms with E-state index in [1.165, 1.54) is 19.0 Å². The lowest BCUT2D eigenvalue weighted by molar-refractivity contribution is -0.164. The van der Waals surface area contributed by atoms with Crippen molar-refractivity contribution in [2.24, 2.45) is 22.6 Å². The van der Waals surface area contributed by atoms with Crippen molar-refractivity contribution in [2.75, 3.05) is 38.4 Å². The molecule has 0 unspecified atom stereocenters. The summed E-state index contributed by atoms with van der Waals surface area (Å²) in [5.74, 6) is -6.58. The quantitative estimate of drug-likeness (QED) is 0.0767. The molecule has 14 nitrogen and oxygen atoms in total. The van der Waals surface area contributed by atoms with Crippen molar-refractivity contribution < 1.29 is 34.5 Å². The number of nitrogens with zero attached hydrogens (tertiary/aromatic N) is 3. The molecule has 43 heavy (non-hydrogen) atoms. The minimum atomic E-state index is -3.11. The summed E-state index contributed by atoms with van der Waals surface area (Å²) in [7, 11) is 6.40. The highest BCUT2D eigenvalue weighted by atomic mass is 16.3. The fourth-order valence-corrected chi connectivity index (χ4v) is 6.85. The number of rotatable bonds is 9. The van der Waals surface area contributed by atoms with Crippen molar-refractivity contribution in [2.45, 2.75) is 62.6 Å². The van der Waals surface area contributed by atoms with E-state index in [0.29, 0.717) is 17.7 Å². The van der Waals surface area contributed by atoms with Crippen LogP contribution in [0.2, 0.25) is 0 Å². The number of nitroso groups, excluding NO2 is 1. The third-order valence-electron chi connectivity index (χ3n) is 8.75. The number of aromatic hydroxyl groups is 1. The number of carbonyl (C=O) groups is 4. The average molecular weight is 599 g/mol. The number of primary amides is 1. The van der Waals surface area contributed by atoms with Gasteiger partial charge in [0, 0.05) is 31.8 Å². The normalized spacial score (nSPS) is 26.6. The molecule has 4 rings (SSSR count). The molecule has 1 saturated carbocycles. The Morgan fingerprint density at radius 3 is 2.33 bits per heavy atom. The molecule has 14 heteroatoms. The number of unbranched alkanes of at least 4 members (excludes halogenated alkanes) is 2. The number of benzene rings is 1. The van der Waals surface area contributed by atoms with E-state index in [1.807, 2.05) is 6.92 Å². The number of hydrogen-bond acceptors (Lipinski definition) is 12. The van der Waals surface area contributed by atoms with Crippen LogP contribution in [0.5, 0.6) is 5.75 Å². The zero-order valence-electron chi connectivity index (χ0n) is 24.9. The first-order valence-electron chi connectivity index (χ1n) is 14.0. The van der Waals surface area contributed by atoms with Crippen LogP contribution in [-0.4, -0.2) is 89.0 Å². The second kappa shape index (κ2) is 11.2. The molecule has 4 atom stereocenters. The molecular weight excluding hydrogens is 560 g/mol. The topological polar surface area (TPSA) is 229 Å². The number of carbonyl (C=O) groups excluding carboxylic acids is 4. The number of ketones is 2. The molecule has 0 aromatic heterocycles. The molecule has 1 aromatic carbocycles. The lowest BCUT2D eigenvalue weighted by Gasteiger charge is -2.56. The van der Waals surface area contributed by atoms with Gasteiger partial charge in [0.05, 0.1) is 22.8 Å². The van der Waals surface area contributed by atoms with Gasteiger partial charge in [-0.05, 0) is 56.1 Å². The predicted octanol–water partition coefficient (Wildman–Crippen LogP) is 0.839. The summed E-state index contributed by atoms with van der Waals surface area (Å²) < 4.78 is 0. The van der Waals surface area contributed by atoms with Gasteiger partial charge < -0.3 is 37.0 Å². The number of phenolic OH excluding ortho intramolecular Hbond substituents is 1. The van der Waals surface area contributed by atoms with Crippen LogP contribution in [0.15, 0.2) is 28.1 Å². The molecule has 0 saturated heterocycles. The van der Waals surface area contributed by atoms with E-state index in [9.17, 15) is 39.4 Å². The van der Waals surface area contributed by atoms with Gasteiger partial charge in [0.1, 0.15) is 22.8 Å². The predicted molar refractivity (Wildman–Crippen MR) is 158 cm³/mol. The van der Waals surface area contributed by atoms with Crippen molar-refractivity contribution >= 4 is 40.5 Å². The zero-order chi connectivity index (χ0) is 32.2. The fraction of sp³-hybridized carbons (Fsp3) is 0.517. The first-order chi connectivity index (χ1) is 20.1. The monoisotopic (exact) mass is 598 g/mol. The number of amides is 2. The molecule has 0 radical (unpaired) electrons. The van der Waals surface area contributed by atoms with E-state index >= 15 is 0 Å². The maximum atomic E-state index is 14.2. The molecule has 0 heterocycles.